The van der Waals surface area contributed by atoms with Crippen LogP contribution in [0.1, 0.15) is 23.2 Å². The molecule has 8 heteroatoms. The Labute approximate surface area is 130 Å². The molecular formula is C14H21N3O4S. The highest BCUT2D eigenvalue weighted by atomic mass is 32.2. The van der Waals surface area contributed by atoms with E-state index in [1.54, 1.807) is 23.2 Å². The quantitative estimate of drug-likeness (QED) is 0.850. The predicted octanol–water partition coefficient (Wildman–Crippen LogP) is 0.492. The smallest absolute Gasteiger partial charge is 0.259 e. The summed E-state index contributed by atoms with van der Waals surface area (Å²) in [6.07, 6.45) is 4.46. The van der Waals surface area contributed by atoms with Crippen molar-refractivity contribution < 1.29 is 17.9 Å². The number of carbonyl (C=O) groups excluding carboxylic acids is 1. The van der Waals surface area contributed by atoms with Crippen LogP contribution in [0.2, 0.25) is 0 Å². The molecule has 122 valence electrons. The van der Waals surface area contributed by atoms with Crippen molar-refractivity contribution in [3.05, 3.63) is 23.9 Å². The Morgan fingerprint density at radius 1 is 1.55 bits per heavy atom. The van der Waals surface area contributed by atoms with E-state index in [4.69, 9.17) is 4.74 Å². The summed E-state index contributed by atoms with van der Waals surface area (Å²) >= 11 is 0. The molecule has 1 atom stereocenters. The lowest BCUT2D eigenvalue weighted by atomic mass is 9.98. The van der Waals surface area contributed by atoms with Crippen molar-refractivity contribution in [2.75, 3.05) is 33.0 Å². The van der Waals surface area contributed by atoms with Gasteiger partial charge in [0.15, 0.2) is 0 Å². The lowest BCUT2D eigenvalue weighted by molar-refractivity contribution is 0.0672. The SMILES string of the molecule is COc1ncccc1C(=O)N1CCC[C@H](CNS(C)(=O)=O)C1. The lowest BCUT2D eigenvalue weighted by Gasteiger charge is -2.33. The summed E-state index contributed by atoms with van der Waals surface area (Å²) in [7, 11) is -1.73. The van der Waals surface area contributed by atoms with Crippen LogP contribution in [-0.4, -0.2) is 57.2 Å². The second kappa shape index (κ2) is 7.06. The minimum atomic E-state index is -3.21. The number of likely N-dealkylation sites (tertiary alicyclic amines) is 1. The topological polar surface area (TPSA) is 88.6 Å². The fraction of sp³-hybridized carbons (Fsp3) is 0.571. The molecule has 0 bridgehead atoms. The number of hydrogen-bond donors (Lipinski definition) is 1. The van der Waals surface area contributed by atoms with Gasteiger partial charge in [-0.05, 0) is 30.9 Å². The van der Waals surface area contributed by atoms with Crippen LogP contribution in [0, 0.1) is 5.92 Å². The van der Waals surface area contributed by atoms with E-state index in [9.17, 15) is 13.2 Å². The highest BCUT2D eigenvalue weighted by molar-refractivity contribution is 7.88. The molecule has 2 rings (SSSR count). The summed E-state index contributed by atoms with van der Waals surface area (Å²) in [6, 6.07) is 3.38. The summed E-state index contributed by atoms with van der Waals surface area (Å²) in [5.74, 6) is 0.299. The van der Waals surface area contributed by atoms with Gasteiger partial charge >= 0.3 is 0 Å². The minimum Gasteiger partial charge on any atom is -0.480 e. The van der Waals surface area contributed by atoms with Gasteiger partial charge < -0.3 is 9.64 Å². The maximum Gasteiger partial charge on any atom is 0.259 e. The summed E-state index contributed by atoms with van der Waals surface area (Å²) in [6.45, 7) is 1.54. The maximum absolute atomic E-state index is 12.6. The van der Waals surface area contributed by atoms with Gasteiger partial charge in [-0.15, -0.1) is 0 Å². The Kier molecular flexibility index (Phi) is 5.36. The monoisotopic (exact) mass is 327 g/mol. The first-order valence-corrected chi connectivity index (χ1v) is 9.03. The van der Waals surface area contributed by atoms with E-state index in [1.165, 1.54) is 7.11 Å². The maximum atomic E-state index is 12.6. The number of pyridine rings is 1. The molecule has 1 N–H and O–H groups in total. The van der Waals surface area contributed by atoms with Gasteiger partial charge in [-0.3, -0.25) is 4.79 Å². The molecule has 1 amide bonds. The fourth-order valence-corrected chi connectivity index (χ4v) is 3.11. The average Bonchev–Trinajstić information content (AvgIpc) is 2.52. The molecule has 2 heterocycles. The first-order valence-electron chi connectivity index (χ1n) is 7.13. The summed E-state index contributed by atoms with van der Waals surface area (Å²) < 4.78 is 30.0. The molecule has 0 saturated carbocycles. The third kappa shape index (κ3) is 4.41. The predicted molar refractivity (Wildman–Crippen MR) is 82.3 cm³/mol. The lowest BCUT2D eigenvalue weighted by Crippen LogP contribution is -2.43. The number of rotatable bonds is 5. The number of amides is 1. The number of carbonyl (C=O) groups is 1. The molecule has 22 heavy (non-hydrogen) atoms. The highest BCUT2D eigenvalue weighted by Gasteiger charge is 2.26. The van der Waals surface area contributed by atoms with Gasteiger partial charge in [0, 0.05) is 25.8 Å². The normalized spacial score (nSPS) is 19.0. The molecule has 1 fully saturated rings. The van der Waals surface area contributed by atoms with E-state index >= 15 is 0 Å². The molecule has 0 aliphatic carbocycles. The standard InChI is InChI=1S/C14H21N3O4S/c1-21-13-12(6-3-7-15-13)14(18)17-8-4-5-11(10-17)9-16-22(2,19)20/h3,6-7,11,16H,4-5,8-10H2,1-2H3/t11-/m1/s1. The van der Waals surface area contributed by atoms with Crippen LogP contribution >= 0.6 is 0 Å². The van der Waals surface area contributed by atoms with Gasteiger partial charge in [0.25, 0.3) is 5.91 Å². The zero-order valence-electron chi connectivity index (χ0n) is 12.8. The van der Waals surface area contributed by atoms with E-state index in [0.717, 1.165) is 19.1 Å². The minimum absolute atomic E-state index is 0.120. The Morgan fingerprint density at radius 2 is 2.32 bits per heavy atom. The number of hydrogen-bond acceptors (Lipinski definition) is 5. The average molecular weight is 327 g/mol. The van der Waals surface area contributed by atoms with Crippen LogP contribution < -0.4 is 9.46 Å². The van der Waals surface area contributed by atoms with Crippen LogP contribution in [0.5, 0.6) is 5.88 Å². The Morgan fingerprint density at radius 3 is 3.00 bits per heavy atom. The van der Waals surface area contributed by atoms with Gasteiger partial charge in [-0.2, -0.15) is 0 Å². The number of nitrogens with one attached hydrogen (secondary N) is 1. The third-order valence-electron chi connectivity index (χ3n) is 3.64. The number of ether oxygens (including phenoxy) is 1. The van der Waals surface area contributed by atoms with Crippen LogP contribution in [0.3, 0.4) is 0 Å². The molecule has 0 spiro atoms. The summed E-state index contributed by atoms with van der Waals surface area (Å²) in [4.78, 5) is 18.4. The second-order valence-electron chi connectivity index (χ2n) is 5.44. The number of nitrogens with zero attached hydrogens (tertiary/aromatic N) is 2. The van der Waals surface area contributed by atoms with E-state index in [0.29, 0.717) is 31.1 Å². The van der Waals surface area contributed by atoms with Gasteiger partial charge in [-0.1, -0.05) is 0 Å². The molecule has 0 aromatic carbocycles. The Hall–Kier alpha value is -1.67. The van der Waals surface area contributed by atoms with Crippen molar-refractivity contribution in [2.24, 2.45) is 5.92 Å². The largest absolute Gasteiger partial charge is 0.480 e. The zero-order valence-corrected chi connectivity index (χ0v) is 13.6. The molecule has 0 unspecified atom stereocenters. The van der Waals surface area contributed by atoms with Gasteiger partial charge in [-0.25, -0.2) is 18.1 Å². The van der Waals surface area contributed by atoms with Gasteiger partial charge in [0.2, 0.25) is 15.9 Å². The van der Waals surface area contributed by atoms with Crippen molar-refractivity contribution in [1.29, 1.82) is 0 Å². The third-order valence-corrected chi connectivity index (χ3v) is 4.33. The first-order chi connectivity index (χ1) is 10.4. The molecule has 1 saturated heterocycles. The van der Waals surface area contributed by atoms with Crippen molar-refractivity contribution in [2.45, 2.75) is 12.8 Å². The molecule has 1 aromatic heterocycles. The molecule has 0 radical (unpaired) electrons. The van der Waals surface area contributed by atoms with Crippen LogP contribution in [-0.2, 0) is 10.0 Å². The Bertz CT molecular complexity index is 633. The number of piperidine rings is 1. The Balaban J connectivity index is 2.04. The van der Waals surface area contributed by atoms with Crippen molar-refractivity contribution in [3.63, 3.8) is 0 Å². The number of aromatic nitrogens is 1. The molecule has 1 aliphatic rings. The van der Waals surface area contributed by atoms with Gasteiger partial charge in [0.1, 0.15) is 5.56 Å². The van der Waals surface area contributed by atoms with Crippen molar-refractivity contribution >= 4 is 15.9 Å². The van der Waals surface area contributed by atoms with Gasteiger partial charge in [0.05, 0.1) is 13.4 Å². The van der Waals surface area contributed by atoms with Crippen LogP contribution in [0.4, 0.5) is 0 Å². The number of methoxy groups -OCH3 is 1. The van der Waals surface area contributed by atoms with E-state index < -0.39 is 10.0 Å². The molecule has 7 nitrogen and oxygen atoms in total. The summed E-state index contributed by atoms with van der Waals surface area (Å²) in [5, 5.41) is 0. The molecule has 1 aliphatic heterocycles. The van der Waals surface area contributed by atoms with Crippen LogP contribution in [0.25, 0.3) is 0 Å². The highest BCUT2D eigenvalue weighted by Crippen LogP contribution is 2.21. The molecule has 1 aromatic rings. The van der Waals surface area contributed by atoms with E-state index in [-0.39, 0.29) is 11.8 Å². The van der Waals surface area contributed by atoms with E-state index in [1.807, 2.05) is 0 Å². The molecular weight excluding hydrogens is 306 g/mol. The number of sulfonamides is 1. The fourth-order valence-electron chi connectivity index (χ4n) is 2.57. The second-order valence-corrected chi connectivity index (χ2v) is 7.27. The van der Waals surface area contributed by atoms with Crippen LogP contribution in [0.15, 0.2) is 18.3 Å². The first kappa shape index (κ1) is 16.7. The van der Waals surface area contributed by atoms with Crippen molar-refractivity contribution in [1.82, 2.24) is 14.6 Å². The van der Waals surface area contributed by atoms with E-state index in [2.05, 4.69) is 9.71 Å². The summed E-state index contributed by atoms with van der Waals surface area (Å²) in [5.41, 5.74) is 0.432. The zero-order chi connectivity index (χ0) is 16.2. The van der Waals surface area contributed by atoms with Crippen molar-refractivity contribution in [3.8, 4) is 5.88 Å².